The van der Waals surface area contributed by atoms with E-state index in [1.54, 1.807) is 11.8 Å². The number of piperidine rings is 1. The third-order valence-electron chi connectivity index (χ3n) is 6.13. The van der Waals surface area contributed by atoms with E-state index in [0.29, 0.717) is 28.7 Å². The lowest BCUT2D eigenvalue weighted by Crippen LogP contribution is -2.33. The maximum absolute atomic E-state index is 13.3. The molecule has 1 aliphatic heterocycles. The summed E-state index contributed by atoms with van der Waals surface area (Å²) in [5, 5.41) is 7.80. The first-order valence-electron chi connectivity index (χ1n) is 11.6. The molecule has 3 N–H and O–H groups in total. The largest absolute Gasteiger partial charge is 0.423 e. The number of nitrogens with two attached hydrogens (primary N) is 1. The molecule has 35 heavy (non-hydrogen) atoms. The quantitative estimate of drug-likeness (QED) is 0.412. The number of methoxy groups -OCH3 is 1. The number of amides is 1. The van der Waals surface area contributed by atoms with Gasteiger partial charge < -0.3 is 19.8 Å². The number of nitrogens with zero attached hydrogens (tertiary/aromatic N) is 6. The van der Waals surface area contributed by atoms with Crippen LogP contribution in [0.5, 0.6) is 0 Å². The van der Waals surface area contributed by atoms with Gasteiger partial charge in [-0.15, -0.1) is 0 Å². The third-order valence-corrected chi connectivity index (χ3v) is 6.13. The molecule has 1 aromatic carbocycles. The number of allylic oxidation sites excluding steroid dienone is 1. The Hall–Kier alpha value is -3.99. The van der Waals surface area contributed by atoms with Crippen LogP contribution in [-0.4, -0.2) is 62.3 Å². The van der Waals surface area contributed by atoms with Crippen LogP contribution in [0.4, 0.5) is 11.8 Å². The van der Waals surface area contributed by atoms with E-state index in [0.717, 1.165) is 37.9 Å². The van der Waals surface area contributed by atoms with Crippen LogP contribution in [0.1, 0.15) is 41.9 Å². The molecule has 1 atom stereocenters. The van der Waals surface area contributed by atoms with Crippen LogP contribution in [0, 0.1) is 0 Å². The second-order valence-corrected chi connectivity index (χ2v) is 8.54. The second-order valence-electron chi connectivity index (χ2n) is 8.54. The van der Waals surface area contributed by atoms with Crippen LogP contribution in [-0.2, 0) is 11.2 Å². The number of ether oxygens (including phenoxy) is 1. The average Bonchev–Trinajstić information content (AvgIpc) is 3.44. The van der Waals surface area contributed by atoms with Crippen LogP contribution in [0.2, 0.25) is 0 Å². The smallest absolute Gasteiger partial charge is 0.302 e. The Labute approximate surface area is 202 Å². The molecule has 0 bridgehead atoms. The van der Waals surface area contributed by atoms with Gasteiger partial charge in [-0.25, -0.2) is 14.6 Å². The van der Waals surface area contributed by atoms with E-state index in [-0.39, 0.29) is 23.6 Å². The van der Waals surface area contributed by atoms with Crippen molar-refractivity contribution in [2.75, 3.05) is 37.9 Å². The van der Waals surface area contributed by atoms with Crippen molar-refractivity contribution in [1.29, 1.82) is 0 Å². The maximum atomic E-state index is 13.3. The number of carbonyl (C=O) groups excluding carboxylic acids is 1. The number of nitrogens with one attached hydrogen (secondary N) is 1. The number of rotatable bonds is 7. The highest BCUT2D eigenvalue weighted by atomic mass is 16.5. The number of oxazole rings is 1. The molecule has 0 unspecified atom stereocenters. The number of hydrogen-bond donors (Lipinski definition) is 2. The van der Waals surface area contributed by atoms with E-state index in [9.17, 15) is 4.79 Å². The van der Waals surface area contributed by atoms with Gasteiger partial charge in [0, 0.05) is 20.2 Å². The summed E-state index contributed by atoms with van der Waals surface area (Å²) in [6, 6.07) is 5.84. The summed E-state index contributed by atoms with van der Waals surface area (Å²) < 4.78 is 12.7. The van der Waals surface area contributed by atoms with Crippen molar-refractivity contribution >= 4 is 39.9 Å². The fourth-order valence-electron chi connectivity index (χ4n) is 4.50. The van der Waals surface area contributed by atoms with E-state index in [2.05, 4.69) is 36.5 Å². The Bertz CT molecular complexity index is 1390. The average molecular weight is 477 g/mol. The first-order valence-corrected chi connectivity index (χ1v) is 11.6. The van der Waals surface area contributed by atoms with Crippen molar-refractivity contribution < 1.29 is 13.9 Å². The Morgan fingerprint density at radius 3 is 3.09 bits per heavy atom. The van der Waals surface area contributed by atoms with Crippen LogP contribution in [0.25, 0.3) is 22.1 Å². The molecule has 11 heteroatoms. The first-order chi connectivity index (χ1) is 17.1. The summed E-state index contributed by atoms with van der Waals surface area (Å²) in [7, 11) is 1.66. The predicted molar refractivity (Wildman–Crippen MR) is 132 cm³/mol. The number of fused-ring (bicyclic) bond motifs is 2. The van der Waals surface area contributed by atoms with Crippen LogP contribution < -0.4 is 11.1 Å². The summed E-state index contributed by atoms with van der Waals surface area (Å²) in [6.07, 6.45) is 8.18. The Kier molecular flexibility index (Phi) is 6.32. The van der Waals surface area contributed by atoms with Crippen molar-refractivity contribution in [1.82, 2.24) is 29.6 Å². The van der Waals surface area contributed by atoms with Gasteiger partial charge in [0.25, 0.3) is 5.91 Å². The zero-order valence-corrected chi connectivity index (χ0v) is 19.8. The Balaban J connectivity index is 1.45. The van der Waals surface area contributed by atoms with Crippen molar-refractivity contribution in [3.8, 4) is 0 Å². The second kappa shape index (κ2) is 9.71. The lowest BCUT2D eigenvalue weighted by atomic mass is 10.1. The monoisotopic (exact) mass is 476 g/mol. The maximum Gasteiger partial charge on any atom is 0.302 e. The Morgan fingerprint density at radius 2 is 2.26 bits per heavy atom. The van der Waals surface area contributed by atoms with Gasteiger partial charge in [-0.1, -0.05) is 12.1 Å². The van der Waals surface area contributed by atoms with Crippen molar-refractivity contribution in [2.45, 2.75) is 32.2 Å². The van der Waals surface area contributed by atoms with Gasteiger partial charge in [0.15, 0.2) is 16.9 Å². The SMILES string of the molecule is CC=CN1CCC[C@@H](n2nc(C(=O)Nc3nc4cc(CCOC)ccc4o3)c3c(N)ncnc32)C1. The van der Waals surface area contributed by atoms with Crippen LogP contribution in [0.15, 0.2) is 41.2 Å². The summed E-state index contributed by atoms with van der Waals surface area (Å²) in [5.41, 5.74) is 9.14. The lowest BCUT2D eigenvalue weighted by Gasteiger charge is -2.32. The van der Waals surface area contributed by atoms with E-state index in [1.807, 2.05) is 31.2 Å². The zero-order valence-electron chi connectivity index (χ0n) is 19.8. The minimum absolute atomic E-state index is 0.0492. The highest BCUT2D eigenvalue weighted by Gasteiger charge is 2.28. The highest BCUT2D eigenvalue weighted by Crippen LogP contribution is 2.29. The molecule has 0 aliphatic carbocycles. The minimum Gasteiger partial charge on any atom is -0.423 e. The Morgan fingerprint density at radius 1 is 1.37 bits per heavy atom. The molecule has 1 fully saturated rings. The van der Waals surface area contributed by atoms with Crippen molar-refractivity contribution in [3.63, 3.8) is 0 Å². The van der Waals surface area contributed by atoms with Gasteiger partial charge >= 0.3 is 6.01 Å². The van der Waals surface area contributed by atoms with Gasteiger partial charge in [-0.05, 0) is 50.1 Å². The molecule has 0 saturated carbocycles. The van der Waals surface area contributed by atoms with Gasteiger partial charge in [-0.3, -0.25) is 10.1 Å². The topological polar surface area (TPSA) is 137 Å². The predicted octanol–water partition coefficient (Wildman–Crippen LogP) is 3.16. The molecule has 1 amide bonds. The molecule has 4 aromatic rings. The molecule has 1 saturated heterocycles. The molecular weight excluding hydrogens is 448 g/mol. The van der Waals surface area contributed by atoms with Crippen molar-refractivity contribution in [3.05, 3.63) is 48.1 Å². The van der Waals surface area contributed by atoms with E-state index in [1.165, 1.54) is 6.33 Å². The van der Waals surface area contributed by atoms with E-state index in [4.69, 9.17) is 14.9 Å². The number of anilines is 2. The summed E-state index contributed by atoms with van der Waals surface area (Å²) in [6.45, 7) is 4.35. The number of carbonyl (C=O) groups is 1. The first kappa shape index (κ1) is 22.8. The number of nitrogen functional groups attached to an aromatic ring is 1. The fourth-order valence-corrected chi connectivity index (χ4v) is 4.50. The number of hydrogen-bond acceptors (Lipinski definition) is 9. The van der Waals surface area contributed by atoms with Gasteiger partial charge in [-0.2, -0.15) is 10.1 Å². The summed E-state index contributed by atoms with van der Waals surface area (Å²) in [5.74, 6) is -0.282. The van der Waals surface area contributed by atoms with E-state index >= 15 is 0 Å². The number of benzene rings is 1. The van der Waals surface area contributed by atoms with Crippen molar-refractivity contribution in [2.24, 2.45) is 0 Å². The number of likely N-dealkylation sites (tertiary alicyclic amines) is 1. The van der Waals surface area contributed by atoms with Crippen LogP contribution >= 0.6 is 0 Å². The van der Waals surface area contributed by atoms with Crippen LogP contribution in [0.3, 0.4) is 0 Å². The van der Waals surface area contributed by atoms with Gasteiger partial charge in [0.1, 0.15) is 17.7 Å². The molecule has 0 radical (unpaired) electrons. The molecule has 4 heterocycles. The standard InChI is InChI=1S/C24H28N8O3/c1-3-9-31-10-4-5-16(13-31)32-22-19(21(25)26-14-27-22)20(30-32)23(33)29-24-28-17-12-15(8-11-34-2)6-7-18(17)35-24/h3,6-7,9,12,14,16H,4-5,8,10-11,13H2,1-2H3,(H2,25,26,27)(H,28,29,33)/t16-/m1/s1. The normalized spacial score (nSPS) is 16.5. The third kappa shape index (κ3) is 4.54. The van der Waals surface area contributed by atoms with E-state index < -0.39 is 5.91 Å². The highest BCUT2D eigenvalue weighted by molar-refractivity contribution is 6.12. The molecular formula is C24H28N8O3. The molecule has 5 rings (SSSR count). The summed E-state index contributed by atoms with van der Waals surface area (Å²) >= 11 is 0. The summed E-state index contributed by atoms with van der Waals surface area (Å²) in [4.78, 5) is 28.5. The molecule has 0 spiro atoms. The molecule has 182 valence electrons. The molecule has 11 nitrogen and oxygen atoms in total. The van der Waals surface area contributed by atoms with Gasteiger partial charge in [0.2, 0.25) is 0 Å². The fraction of sp³-hybridized carbons (Fsp3) is 0.375. The molecule has 3 aromatic heterocycles. The zero-order chi connectivity index (χ0) is 24.4. The number of aromatic nitrogens is 5. The minimum atomic E-state index is -0.484. The lowest BCUT2D eigenvalue weighted by molar-refractivity contribution is 0.101. The van der Waals surface area contributed by atoms with Gasteiger partial charge in [0.05, 0.1) is 18.0 Å². The molecule has 1 aliphatic rings.